The molecular weight excluding hydrogens is 304 g/mol. The smallest absolute Gasteiger partial charge is 0.159 e. The molecule has 17 heavy (non-hydrogen) atoms. The molecule has 1 aliphatic rings. The van der Waals surface area contributed by atoms with Crippen LogP contribution in [-0.2, 0) is 11.2 Å². The van der Waals surface area contributed by atoms with Gasteiger partial charge < -0.3 is 4.74 Å². The van der Waals surface area contributed by atoms with Gasteiger partial charge in [-0.3, -0.25) is 0 Å². The summed E-state index contributed by atoms with van der Waals surface area (Å²) in [7, 11) is 0. The van der Waals surface area contributed by atoms with Crippen LogP contribution in [0.15, 0.2) is 4.47 Å². The summed E-state index contributed by atoms with van der Waals surface area (Å²) in [5.74, 6) is 1.26. The molecule has 1 saturated heterocycles. The molecule has 1 aromatic heterocycles. The molecule has 2 rings (SSSR count). The van der Waals surface area contributed by atoms with Gasteiger partial charge in [-0.2, -0.15) is 0 Å². The largest absolute Gasteiger partial charge is 0.370 e. The monoisotopic (exact) mass is 318 g/mol. The molecule has 0 radical (unpaired) electrons. The topological polar surface area (TPSA) is 35.0 Å². The number of ether oxygens (including phenoxy) is 1. The highest BCUT2D eigenvalue weighted by Crippen LogP contribution is 2.31. The first-order valence-electron chi connectivity index (χ1n) is 5.91. The molecule has 94 valence electrons. The van der Waals surface area contributed by atoms with Gasteiger partial charge >= 0.3 is 0 Å². The van der Waals surface area contributed by atoms with Crippen LogP contribution in [0, 0.1) is 5.92 Å². The van der Waals surface area contributed by atoms with Crippen LogP contribution in [0.1, 0.15) is 44.3 Å². The van der Waals surface area contributed by atoms with Crippen LogP contribution in [0.25, 0.3) is 0 Å². The molecule has 5 heteroatoms. The van der Waals surface area contributed by atoms with E-state index in [1.165, 1.54) is 0 Å². The van der Waals surface area contributed by atoms with Gasteiger partial charge in [-0.05, 0) is 41.1 Å². The average molecular weight is 320 g/mol. The minimum atomic E-state index is 0.0199. The number of halogens is 2. The molecule has 0 bridgehead atoms. The third-order valence-electron chi connectivity index (χ3n) is 2.72. The molecule has 0 aromatic carbocycles. The fourth-order valence-electron chi connectivity index (χ4n) is 1.93. The Bertz CT molecular complexity index is 406. The number of hydrogen-bond donors (Lipinski definition) is 0. The third kappa shape index (κ3) is 3.18. The summed E-state index contributed by atoms with van der Waals surface area (Å²) in [6, 6.07) is 0. The Morgan fingerprint density at radius 3 is 2.82 bits per heavy atom. The second-order valence-corrected chi connectivity index (χ2v) is 5.88. The molecule has 3 nitrogen and oxygen atoms in total. The van der Waals surface area contributed by atoms with E-state index in [1.807, 2.05) is 0 Å². The first-order valence-corrected chi connectivity index (χ1v) is 7.08. The minimum absolute atomic E-state index is 0.0199. The summed E-state index contributed by atoms with van der Waals surface area (Å²) in [6.45, 7) is 5.11. The lowest BCUT2D eigenvalue weighted by Gasteiger charge is -2.13. The second-order valence-electron chi connectivity index (χ2n) is 4.73. The zero-order valence-corrected chi connectivity index (χ0v) is 12.4. The predicted octanol–water partition coefficient (Wildman–Crippen LogP) is 3.94. The van der Waals surface area contributed by atoms with E-state index in [0.29, 0.717) is 11.1 Å². The Hall–Kier alpha value is -0.190. The molecule has 1 atom stereocenters. The molecule has 1 unspecified atom stereocenters. The number of rotatable bonds is 3. The predicted molar refractivity (Wildman–Crippen MR) is 71.2 cm³/mol. The van der Waals surface area contributed by atoms with Gasteiger partial charge in [-0.1, -0.05) is 25.4 Å². The quantitative estimate of drug-likeness (QED) is 0.791. The van der Waals surface area contributed by atoms with E-state index in [2.05, 4.69) is 39.7 Å². The first-order chi connectivity index (χ1) is 8.08. The minimum Gasteiger partial charge on any atom is -0.370 e. The standard InChI is InChI=1S/C12H16BrClN2O/c1-7(2)6-8-10(13)11(14)16-12(15-8)9-4-3-5-17-9/h7,9H,3-6H2,1-2H3. The Morgan fingerprint density at radius 1 is 1.47 bits per heavy atom. The second kappa shape index (κ2) is 5.63. The lowest BCUT2D eigenvalue weighted by Crippen LogP contribution is -2.08. The number of aromatic nitrogens is 2. The van der Waals surface area contributed by atoms with Gasteiger partial charge in [0.05, 0.1) is 10.2 Å². The molecule has 0 spiro atoms. The maximum absolute atomic E-state index is 6.13. The number of hydrogen-bond acceptors (Lipinski definition) is 3. The van der Waals surface area contributed by atoms with Crippen LogP contribution in [-0.4, -0.2) is 16.6 Å². The van der Waals surface area contributed by atoms with Crippen LogP contribution >= 0.6 is 27.5 Å². The van der Waals surface area contributed by atoms with Crippen LogP contribution in [0.4, 0.5) is 0 Å². The third-order valence-corrected chi connectivity index (χ3v) is 4.05. The maximum Gasteiger partial charge on any atom is 0.159 e. The van der Waals surface area contributed by atoms with E-state index < -0.39 is 0 Å². The van der Waals surface area contributed by atoms with E-state index in [0.717, 1.165) is 41.9 Å². The summed E-state index contributed by atoms with van der Waals surface area (Å²) in [4.78, 5) is 8.89. The molecule has 1 aromatic rings. The Balaban J connectivity index is 2.31. The molecular formula is C12H16BrClN2O. The summed E-state index contributed by atoms with van der Waals surface area (Å²) < 4.78 is 6.41. The SMILES string of the molecule is CC(C)Cc1nc(C2CCCO2)nc(Cl)c1Br. The molecule has 2 heterocycles. The fraction of sp³-hybridized carbons (Fsp3) is 0.667. The van der Waals surface area contributed by atoms with E-state index >= 15 is 0 Å². The summed E-state index contributed by atoms with van der Waals surface area (Å²) >= 11 is 9.58. The molecule has 1 fully saturated rings. The van der Waals surface area contributed by atoms with Crippen molar-refractivity contribution in [2.75, 3.05) is 6.61 Å². The Kier molecular flexibility index (Phi) is 4.39. The van der Waals surface area contributed by atoms with Gasteiger partial charge in [-0.25, -0.2) is 9.97 Å². The van der Waals surface area contributed by atoms with Gasteiger partial charge in [-0.15, -0.1) is 0 Å². The zero-order valence-electron chi connectivity index (χ0n) is 10.0. The van der Waals surface area contributed by atoms with E-state index in [-0.39, 0.29) is 6.10 Å². The zero-order chi connectivity index (χ0) is 12.4. The Labute approximate surface area is 115 Å². The van der Waals surface area contributed by atoms with Crippen molar-refractivity contribution in [1.82, 2.24) is 9.97 Å². The van der Waals surface area contributed by atoms with E-state index in [4.69, 9.17) is 16.3 Å². The van der Waals surface area contributed by atoms with Crippen LogP contribution < -0.4 is 0 Å². The van der Waals surface area contributed by atoms with Gasteiger partial charge in [0, 0.05) is 6.61 Å². The molecule has 0 amide bonds. The van der Waals surface area contributed by atoms with Gasteiger partial charge in [0.15, 0.2) is 5.82 Å². The Morgan fingerprint density at radius 2 is 2.24 bits per heavy atom. The fourth-order valence-corrected chi connectivity index (χ4v) is 2.46. The maximum atomic E-state index is 6.13. The van der Waals surface area contributed by atoms with Crippen LogP contribution in [0.2, 0.25) is 5.15 Å². The average Bonchev–Trinajstić information content (AvgIpc) is 2.77. The lowest BCUT2D eigenvalue weighted by atomic mass is 10.1. The first kappa shape index (κ1) is 13.2. The highest BCUT2D eigenvalue weighted by Gasteiger charge is 2.23. The summed E-state index contributed by atoms with van der Waals surface area (Å²) in [5, 5.41) is 0.487. The summed E-state index contributed by atoms with van der Waals surface area (Å²) in [6.07, 6.45) is 2.97. The van der Waals surface area contributed by atoms with Crippen molar-refractivity contribution in [3.8, 4) is 0 Å². The molecule has 0 N–H and O–H groups in total. The lowest BCUT2D eigenvalue weighted by molar-refractivity contribution is 0.105. The van der Waals surface area contributed by atoms with Gasteiger partial charge in [0.1, 0.15) is 11.3 Å². The van der Waals surface area contributed by atoms with Crippen molar-refractivity contribution in [3.63, 3.8) is 0 Å². The number of nitrogens with zero attached hydrogens (tertiary/aromatic N) is 2. The van der Waals surface area contributed by atoms with Gasteiger partial charge in [0.2, 0.25) is 0 Å². The van der Waals surface area contributed by atoms with E-state index in [9.17, 15) is 0 Å². The van der Waals surface area contributed by atoms with Crippen molar-refractivity contribution < 1.29 is 4.74 Å². The van der Waals surface area contributed by atoms with Crippen molar-refractivity contribution >= 4 is 27.5 Å². The molecule has 0 aliphatic carbocycles. The van der Waals surface area contributed by atoms with Crippen molar-refractivity contribution in [2.45, 2.75) is 39.2 Å². The normalized spacial score (nSPS) is 20.2. The van der Waals surface area contributed by atoms with Crippen molar-refractivity contribution in [1.29, 1.82) is 0 Å². The van der Waals surface area contributed by atoms with Gasteiger partial charge in [0.25, 0.3) is 0 Å². The van der Waals surface area contributed by atoms with Crippen LogP contribution in [0.3, 0.4) is 0 Å². The highest BCUT2D eigenvalue weighted by atomic mass is 79.9. The highest BCUT2D eigenvalue weighted by molar-refractivity contribution is 9.10. The van der Waals surface area contributed by atoms with Crippen molar-refractivity contribution in [2.24, 2.45) is 5.92 Å². The van der Waals surface area contributed by atoms with E-state index in [1.54, 1.807) is 0 Å². The van der Waals surface area contributed by atoms with Crippen LogP contribution in [0.5, 0.6) is 0 Å². The molecule has 1 aliphatic heterocycles. The van der Waals surface area contributed by atoms with Crippen molar-refractivity contribution in [3.05, 3.63) is 21.1 Å². The molecule has 0 saturated carbocycles. The summed E-state index contributed by atoms with van der Waals surface area (Å²) in [5.41, 5.74) is 0.977.